The highest BCUT2D eigenvalue weighted by Gasteiger charge is 2.29. The molecule has 0 bridgehead atoms. The van der Waals surface area contributed by atoms with Gasteiger partial charge in [0, 0.05) is 24.4 Å². The molecule has 1 N–H and O–H groups in total. The molecule has 0 spiro atoms. The van der Waals surface area contributed by atoms with Crippen LogP contribution in [0.3, 0.4) is 0 Å². The zero-order valence-electron chi connectivity index (χ0n) is 11.5. The molecular weight excluding hydrogens is 224 g/mol. The highest BCUT2D eigenvalue weighted by atomic mass is 16.3. The SMILES string of the molecule is CCN(CC)CCC(O)C1CCc2cccnc21. The van der Waals surface area contributed by atoms with Gasteiger partial charge >= 0.3 is 0 Å². The first-order valence-corrected chi connectivity index (χ1v) is 7.10. The van der Waals surface area contributed by atoms with Gasteiger partial charge in [-0.3, -0.25) is 4.98 Å². The van der Waals surface area contributed by atoms with Crippen LogP contribution in [-0.4, -0.2) is 40.7 Å². The summed E-state index contributed by atoms with van der Waals surface area (Å²) in [6, 6.07) is 4.13. The minimum absolute atomic E-state index is 0.247. The van der Waals surface area contributed by atoms with Gasteiger partial charge in [-0.15, -0.1) is 0 Å². The maximum Gasteiger partial charge on any atom is 0.0636 e. The zero-order chi connectivity index (χ0) is 13.0. The van der Waals surface area contributed by atoms with Crippen molar-refractivity contribution in [1.82, 2.24) is 9.88 Å². The number of aromatic nitrogens is 1. The minimum atomic E-state index is -0.248. The number of hydrogen-bond donors (Lipinski definition) is 1. The number of aliphatic hydroxyl groups excluding tert-OH is 1. The standard InChI is InChI=1S/C15H24N2O/c1-3-17(4-2)11-9-14(18)13-8-7-12-6-5-10-16-15(12)13/h5-6,10,13-14,18H,3-4,7-9,11H2,1-2H3. The molecule has 2 rings (SSSR count). The van der Waals surface area contributed by atoms with Crippen LogP contribution >= 0.6 is 0 Å². The smallest absolute Gasteiger partial charge is 0.0636 e. The Morgan fingerprint density at radius 1 is 1.44 bits per heavy atom. The minimum Gasteiger partial charge on any atom is -0.392 e. The Kier molecular flexibility index (Phi) is 4.72. The van der Waals surface area contributed by atoms with Crippen molar-refractivity contribution in [3.05, 3.63) is 29.6 Å². The van der Waals surface area contributed by atoms with Gasteiger partial charge in [-0.25, -0.2) is 0 Å². The lowest BCUT2D eigenvalue weighted by Crippen LogP contribution is -2.29. The molecule has 100 valence electrons. The molecule has 0 radical (unpaired) electrons. The predicted molar refractivity (Wildman–Crippen MR) is 73.7 cm³/mol. The molecule has 0 saturated carbocycles. The van der Waals surface area contributed by atoms with Crippen LogP contribution in [0.2, 0.25) is 0 Å². The van der Waals surface area contributed by atoms with E-state index in [1.165, 1.54) is 5.56 Å². The van der Waals surface area contributed by atoms with Gasteiger partial charge in [-0.2, -0.15) is 0 Å². The molecular formula is C15H24N2O. The van der Waals surface area contributed by atoms with Gasteiger partial charge < -0.3 is 10.0 Å². The van der Waals surface area contributed by atoms with E-state index >= 15 is 0 Å². The summed E-state index contributed by atoms with van der Waals surface area (Å²) in [6.07, 6.45) is 4.56. The summed E-state index contributed by atoms with van der Waals surface area (Å²) in [6.45, 7) is 7.43. The fourth-order valence-electron chi connectivity index (χ4n) is 2.87. The molecule has 2 atom stereocenters. The van der Waals surface area contributed by atoms with E-state index in [9.17, 15) is 5.11 Å². The lowest BCUT2D eigenvalue weighted by molar-refractivity contribution is 0.115. The summed E-state index contributed by atoms with van der Waals surface area (Å²) in [5.41, 5.74) is 2.45. The van der Waals surface area contributed by atoms with E-state index in [2.05, 4.69) is 29.8 Å². The third-order valence-electron chi connectivity index (χ3n) is 4.10. The van der Waals surface area contributed by atoms with Crippen LogP contribution in [0.5, 0.6) is 0 Å². The van der Waals surface area contributed by atoms with Crippen LogP contribution in [0.25, 0.3) is 0 Å². The Morgan fingerprint density at radius 3 is 2.94 bits per heavy atom. The van der Waals surface area contributed by atoms with Gasteiger partial charge in [0.25, 0.3) is 0 Å². The average Bonchev–Trinajstić information content (AvgIpc) is 2.83. The van der Waals surface area contributed by atoms with Crippen molar-refractivity contribution in [3.63, 3.8) is 0 Å². The van der Waals surface area contributed by atoms with E-state index in [0.717, 1.165) is 44.6 Å². The largest absolute Gasteiger partial charge is 0.392 e. The molecule has 0 saturated heterocycles. The Morgan fingerprint density at radius 2 is 2.22 bits per heavy atom. The monoisotopic (exact) mass is 248 g/mol. The quantitative estimate of drug-likeness (QED) is 0.838. The Labute approximate surface area is 110 Å². The van der Waals surface area contributed by atoms with Gasteiger partial charge in [-0.1, -0.05) is 19.9 Å². The molecule has 3 nitrogen and oxygen atoms in total. The maximum absolute atomic E-state index is 10.4. The fraction of sp³-hybridized carbons (Fsp3) is 0.667. The first-order chi connectivity index (χ1) is 8.76. The van der Waals surface area contributed by atoms with Crippen molar-refractivity contribution < 1.29 is 5.11 Å². The average molecular weight is 248 g/mol. The third kappa shape index (κ3) is 2.90. The summed E-state index contributed by atoms with van der Waals surface area (Å²) in [5.74, 6) is 0.247. The number of aliphatic hydroxyl groups is 1. The van der Waals surface area contributed by atoms with Crippen molar-refractivity contribution in [3.8, 4) is 0 Å². The van der Waals surface area contributed by atoms with Crippen molar-refractivity contribution in [2.75, 3.05) is 19.6 Å². The molecule has 0 aromatic carbocycles. The van der Waals surface area contributed by atoms with Crippen LogP contribution in [0.15, 0.2) is 18.3 Å². The summed E-state index contributed by atoms with van der Waals surface area (Å²) >= 11 is 0. The van der Waals surface area contributed by atoms with Crippen LogP contribution < -0.4 is 0 Å². The van der Waals surface area contributed by atoms with Gasteiger partial charge in [0.05, 0.1) is 6.10 Å². The van der Waals surface area contributed by atoms with Gasteiger partial charge in [0.1, 0.15) is 0 Å². The number of hydrogen-bond acceptors (Lipinski definition) is 3. The van der Waals surface area contributed by atoms with Crippen LogP contribution in [-0.2, 0) is 6.42 Å². The molecule has 1 aromatic heterocycles. The first-order valence-electron chi connectivity index (χ1n) is 7.10. The molecule has 1 aromatic rings. The molecule has 1 aliphatic carbocycles. The lowest BCUT2D eigenvalue weighted by atomic mass is 9.97. The maximum atomic E-state index is 10.4. The zero-order valence-corrected chi connectivity index (χ0v) is 11.5. The Hall–Kier alpha value is -0.930. The summed E-state index contributed by atoms with van der Waals surface area (Å²) < 4.78 is 0. The fourth-order valence-corrected chi connectivity index (χ4v) is 2.87. The molecule has 3 heteroatoms. The van der Waals surface area contributed by atoms with E-state index in [-0.39, 0.29) is 12.0 Å². The molecule has 0 fully saturated rings. The molecule has 1 heterocycles. The lowest BCUT2D eigenvalue weighted by Gasteiger charge is -2.23. The van der Waals surface area contributed by atoms with E-state index in [0.29, 0.717) is 0 Å². The van der Waals surface area contributed by atoms with Gasteiger partial charge in [0.15, 0.2) is 0 Å². The molecule has 0 amide bonds. The number of aryl methyl sites for hydroxylation is 1. The third-order valence-corrected chi connectivity index (χ3v) is 4.10. The van der Waals surface area contributed by atoms with Crippen LogP contribution in [0, 0.1) is 0 Å². The topological polar surface area (TPSA) is 36.4 Å². The predicted octanol–water partition coefficient (Wildman–Crippen LogP) is 2.20. The molecule has 18 heavy (non-hydrogen) atoms. The van der Waals surface area contributed by atoms with E-state index < -0.39 is 0 Å². The molecule has 1 aliphatic rings. The van der Waals surface area contributed by atoms with E-state index in [1.54, 1.807) is 0 Å². The normalized spacial score (nSPS) is 20.1. The second kappa shape index (κ2) is 6.30. The van der Waals surface area contributed by atoms with Crippen molar-refractivity contribution in [1.29, 1.82) is 0 Å². The highest BCUT2D eigenvalue weighted by Crippen LogP contribution is 2.34. The van der Waals surface area contributed by atoms with Crippen molar-refractivity contribution in [2.24, 2.45) is 0 Å². The first kappa shape index (κ1) is 13.5. The number of rotatable bonds is 6. The second-order valence-electron chi connectivity index (χ2n) is 5.08. The summed E-state index contributed by atoms with van der Waals surface area (Å²) in [5, 5.41) is 10.4. The number of fused-ring (bicyclic) bond motifs is 1. The number of pyridine rings is 1. The second-order valence-corrected chi connectivity index (χ2v) is 5.08. The number of nitrogens with zero attached hydrogens (tertiary/aromatic N) is 2. The molecule has 2 unspecified atom stereocenters. The van der Waals surface area contributed by atoms with Gasteiger partial charge in [0.2, 0.25) is 0 Å². The van der Waals surface area contributed by atoms with Crippen molar-refractivity contribution in [2.45, 2.75) is 45.1 Å². The van der Waals surface area contributed by atoms with Crippen molar-refractivity contribution >= 4 is 0 Å². The van der Waals surface area contributed by atoms with Crippen LogP contribution in [0.4, 0.5) is 0 Å². The van der Waals surface area contributed by atoms with E-state index in [4.69, 9.17) is 0 Å². The Balaban J connectivity index is 1.93. The Bertz CT molecular complexity index is 377. The van der Waals surface area contributed by atoms with Crippen LogP contribution in [0.1, 0.15) is 43.9 Å². The van der Waals surface area contributed by atoms with Gasteiger partial charge in [-0.05, 0) is 44.0 Å². The molecule has 0 aliphatic heterocycles. The summed E-state index contributed by atoms with van der Waals surface area (Å²) in [7, 11) is 0. The van der Waals surface area contributed by atoms with E-state index in [1.807, 2.05) is 12.3 Å². The highest BCUT2D eigenvalue weighted by molar-refractivity contribution is 5.29. The summed E-state index contributed by atoms with van der Waals surface area (Å²) in [4.78, 5) is 6.81.